The molecule has 3 aromatic carbocycles. The van der Waals surface area contributed by atoms with Gasteiger partial charge in [0.15, 0.2) is 0 Å². The number of carbonyl (C=O) groups is 1. The molecule has 0 aliphatic heterocycles. The normalized spacial score (nSPS) is 10.2. The molecular weight excluding hydrogens is 318 g/mol. The van der Waals surface area contributed by atoms with Crippen molar-refractivity contribution in [3.8, 4) is 5.75 Å². The molecule has 0 bridgehead atoms. The molecule has 0 aromatic heterocycles. The lowest BCUT2D eigenvalue weighted by Gasteiger charge is -2.10. The van der Waals surface area contributed by atoms with Crippen molar-refractivity contribution in [3.05, 3.63) is 90.0 Å². The van der Waals surface area contributed by atoms with Crippen LogP contribution in [0.25, 0.3) is 0 Å². The second-order valence-corrected chi connectivity index (χ2v) is 5.76. The molecule has 1 amide bonds. The van der Waals surface area contributed by atoms with Gasteiger partial charge in [0.2, 0.25) is 0 Å². The van der Waals surface area contributed by atoms with Crippen LogP contribution in [0.4, 0.5) is 5.69 Å². The molecule has 0 heterocycles. The minimum Gasteiger partial charge on any atom is -0.489 e. The first-order chi connectivity index (χ1) is 11.7. The minimum atomic E-state index is -0.193. The molecule has 0 radical (unpaired) electrons. The van der Waals surface area contributed by atoms with Gasteiger partial charge in [0.25, 0.3) is 5.91 Å². The number of rotatable bonds is 5. The summed E-state index contributed by atoms with van der Waals surface area (Å²) in [5.41, 5.74) is 2.30. The van der Waals surface area contributed by atoms with Gasteiger partial charge in [-0.25, -0.2) is 0 Å². The second kappa shape index (κ2) is 7.70. The lowest BCUT2D eigenvalue weighted by molar-refractivity contribution is 0.102. The van der Waals surface area contributed by atoms with Gasteiger partial charge in [0, 0.05) is 10.5 Å². The molecule has 1 N–H and O–H groups in total. The number of nitrogens with one attached hydrogen (secondary N) is 1. The summed E-state index contributed by atoms with van der Waals surface area (Å²) in [4.78, 5) is 13.1. The van der Waals surface area contributed by atoms with Crippen LogP contribution in [0.15, 0.2) is 83.8 Å². The fourth-order valence-electron chi connectivity index (χ4n) is 2.24. The fraction of sp³-hybridized carbons (Fsp3) is 0.0500. The molecule has 24 heavy (non-hydrogen) atoms. The van der Waals surface area contributed by atoms with Crippen molar-refractivity contribution in [2.45, 2.75) is 11.5 Å². The Hall–Kier alpha value is -2.72. The summed E-state index contributed by atoms with van der Waals surface area (Å²) >= 11 is 4.34. The molecule has 0 aliphatic carbocycles. The van der Waals surface area contributed by atoms with Crippen LogP contribution >= 0.6 is 12.6 Å². The van der Waals surface area contributed by atoms with Crippen LogP contribution in [-0.4, -0.2) is 5.91 Å². The van der Waals surface area contributed by atoms with Gasteiger partial charge in [-0.1, -0.05) is 48.5 Å². The van der Waals surface area contributed by atoms with E-state index in [9.17, 15) is 4.79 Å². The van der Waals surface area contributed by atoms with Gasteiger partial charge in [-0.15, -0.1) is 12.6 Å². The van der Waals surface area contributed by atoms with Crippen LogP contribution in [0.5, 0.6) is 5.75 Å². The maximum Gasteiger partial charge on any atom is 0.255 e. The van der Waals surface area contributed by atoms with Crippen LogP contribution in [0.1, 0.15) is 15.9 Å². The Labute approximate surface area is 146 Å². The standard InChI is InChI=1S/C20H17NO2S/c22-20(21-18-11-4-5-12-19(18)24)16-9-6-10-17(13-16)23-14-15-7-2-1-3-8-15/h1-13,24H,14H2,(H,21,22). The molecule has 120 valence electrons. The number of hydrogen-bond donors (Lipinski definition) is 2. The lowest BCUT2D eigenvalue weighted by Crippen LogP contribution is -2.12. The monoisotopic (exact) mass is 335 g/mol. The highest BCUT2D eigenvalue weighted by molar-refractivity contribution is 7.80. The zero-order valence-electron chi connectivity index (χ0n) is 13.0. The molecular formula is C20H17NO2S. The maximum atomic E-state index is 12.4. The van der Waals surface area contributed by atoms with Gasteiger partial charge < -0.3 is 10.1 Å². The van der Waals surface area contributed by atoms with Crippen molar-refractivity contribution < 1.29 is 9.53 Å². The molecule has 0 saturated carbocycles. The molecule has 0 saturated heterocycles. The average molecular weight is 335 g/mol. The lowest BCUT2D eigenvalue weighted by atomic mass is 10.2. The van der Waals surface area contributed by atoms with Gasteiger partial charge in [0.1, 0.15) is 12.4 Å². The summed E-state index contributed by atoms with van der Waals surface area (Å²) in [6.07, 6.45) is 0. The first-order valence-electron chi connectivity index (χ1n) is 7.58. The Morgan fingerprint density at radius 2 is 1.67 bits per heavy atom. The fourth-order valence-corrected chi connectivity index (χ4v) is 2.46. The SMILES string of the molecule is O=C(Nc1ccccc1S)c1cccc(OCc2ccccc2)c1. The van der Waals surface area contributed by atoms with Gasteiger partial charge in [-0.05, 0) is 35.9 Å². The third-order valence-electron chi connectivity index (χ3n) is 3.50. The molecule has 3 aromatic rings. The zero-order valence-corrected chi connectivity index (χ0v) is 13.9. The number of carbonyl (C=O) groups excluding carboxylic acids is 1. The predicted octanol–water partition coefficient (Wildman–Crippen LogP) is 4.81. The Morgan fingerprint density at radius 1 is 0.917 bits per heavy atom. The van der Waals surface area contributed by atoms with E-state index in [1.165, 1.54) is 0 Å². The highest BCUT2D eigenvalue weighted by Gasteiger charge is 2.09. The Kier molecular flexibility index (Phi) is 5.18. The molecule has 0 spiro atoms. The van der Waals surface area contributed by atoms with Crippen molar-refractivity contribution in [3.63, 3.8) is 0 Å². The van der Waals surface area contributed by atoms with E-state index in [4.69, 9.17) is 4.74 Å². The molecule has 0 atom stereocenters. The van der Waals surface area contributed by atoms with E-state index in [0.717, 1.165) is 10.5 Å². The molecule has 4 heteroatoms. The van der Waals surface area contributed by atoms with E-state index in [0.29, 0.717) is 23.6 Å². The van der Waals surface area contributed by atoms with E-state index in [1.807, 2.05) is 66.7 Å². The number of ether oxygens (including phenoxy) is 1. The van der Waals surface area contributed by atoms with Crippen molar-refractivity contribution in [2.75, 3.05) is 5.32 Å². The summed E-state index contributed by atoms with van der Waals surface area (Å²) in [7, 11) is 0. The van der Waals surface area contributed by atoms with Crippen molar-refractivity contribution >= 4 is 24.2 Å². The number of hydrogen-bond acceptors (Lipinski definition) is 3. The first kappa shape index (κ1) is 16.1. The second-order valence-electron chi connectivity index (χ2n) is 5.27. The van der Waals surface area contributed by atoms with Gasteiger partial charge in [-0.3, -0.25) is 4.79 Å². The average Bonchev–Trinajstić information content (AvgIpc) is 2.63. The van der Waals surface area contributed by atoms with E-state index in [2.05, 4.69) is 17.9 Å². The van der Waals surface area contributed by atoms with Crippen molar-refractivity contribution in [1.82, 2.24) is 0 Å². The van der Waals surface area contributed by atoms with Crippen LogP contribution in [0.3, 0.4) is 0 Å². The van der Waals surface area contributed by atoms with Crippen molar-refractivity contribution in [2.24, 2.45) is 0 Å². The van der Waals surface area contributed by atoms with Gasteiger partial charge >= 0.3 is 0 Å². The van der Waals surface area contributed by atoms with E-state index >= 15 is 0 Å². The number of amides is 1. The molecule has 3 rings (SSSR count). The zero-order chi connectivity index (χ0) is 16.8. The summed E-state index contributed by atoms with van der Waals surface area (Å²) in [5.74, 6) is 0.465. The Bertz CT molecular complexity index is 834. The Balaban J connectivity index is 1.68. The first-order valence-corrected chi connectivity index (χ1v) is 8.03. The highest BCUT2D eigenvalue weighted by atomic mass is 32.1. The summed E-state index contributed by atoms with van der Waals surface area (Å²) in [6.45, 7) is 0.464. The van der Waals surface area contributed by atoms with Crippen molar-refractivity contribution in [1.29, 1.82) is 0 Å². The van der Waals surface area contributed by atoms with Crippen LogP contribution in [-0.2, 0) is 6.61 Å². The number of para-hydroxylation sites is 1. The molecule has 3 nitrogen and oxygen atoms in total. The molecule has 0 fully saturated rings. The number of thiol groups is 1. The topological polar surface area (TPSA) is 38.3 Å². The predicted molar refractivity (Wildman–Crippen MR) is 98.9 cm³/mol. The summed E-state index contributed by atoms with van der Waals surface area (Å²) < 4.78 is 5.76. The van der Waals surface area contributed by atoms with E-state index in [1.54, 1.807) is 12.1 Å². The van der Waals surface area contributed by atoms with Crippen LogP contribution in [0, 0.1) is 0 Å². The minimum absolute atomic E-state index is 0.193. The summed E-state index contributed by atoms with van der Waals surface area (Å²) in [5, 5.41) is 2.86. The third kappa shape index (κ3) is 4.18. The largest absolute Gasteiger partial charge is 0.489 e. The number of anilines is 1. The number of benzene rings is 3. The maximum absolute atomic E-state index is 12.4. The van der Waals surface area contributed by atoms with Crippen LogP contribution < -0.4 is 10.1 Å². The third-order valence-corrected chi connectivity index (χ3v) is 3.89. The molecule has 0 aliphatic rings. The smallest absolute Gasteiger partial charge is 0.255 e. The van der Waals surface area contributed by atoms with E-state index < -0.39 is 0 Å². The quantitative estimate of drug-likeness (QED) is 0.657. The summed E-state index contributed by atoms with van der Waals surface area (Å²) in [6, 6.07) is 24.4. The van der Waals surface area contributed by atoms with Gasteiger partial charge in [0.05, 0.1) is 5.69 Å². The Morgan fingerprint density at radius 3 is 2.46 bits per heavy atom. The van der Waals surface area contributed by atoms with Gasteiger partial charge in [-0.2, -0.15) is 0 Å². The van der Waals surface area contributed by atoms with E-state index in [-0.39, 0.29) is 5.91 Å². The molecule has 0 unspecified atom stereocenters. The van der Waals surface area contributed by atoms with Crippen LogP contribution in [0.2, 0.25) is 0 Å². The highest BCUT2D eigenvalue weighted by Crippen LogP contribution is 2.21.